The van der Waals surface area contributed by atoms with Crippen molar-refractivity contribution in [3.63, 3.8) is 0 Å². The molecular weight excluding hydrogens is 362 g/mol. The quantitative estimate of drug-likeness (QED) is 0.355. The molecule has 0 aliphatic rings. The van der Waals surface area contributed by atoms with Crippen LogP contribution in [0.2, 0.25) is 0 Å². The van der Waals surface area contributed by atoms with Gasteiger partial charge in [0, 0.05) is 0 Å². The maximum absolute atomic E-state index is 12.6. The van der Waals surface area contributed by atoms with E-state index in [1.54, 1.807) is 0 Å². The Bertz CT molecular complexity index is 463. The van der Waals surface area contributed by atoms with Gasteiger partial charge >= 0.3 is 53.0 Å². The third-order valence-electron chi connectivity index (χ3n) is 1.77. The number of hydrogen-bond acceptors (Lipinski definition) is 4. The second-order valence-corrected chi connectivity index (χ2v) is 4.76. The fraction of sp³-hybridized carbons (Fsp3) is 1.00. The number of ether oxygens (including phenoxy) is 1. The van der Waals surface area contributed by atoms with Crippen LogP contribution in [-0.4, -0.2) is 42.5 Å². The number of rotatable bonds is 6. The zero-order valence-electron chi connectivity index (χ0n) is 10.0. The number of alkyl halides is 9. The Hall–Kier alpha value is 0.240. The summed E-state index contributed by atoms with van der Waals surface area (Å²) in [7, 11) is -7.35. The van der Waals surface area contributed by atoms with Crippen LogP contribution in [-0.2, 0) is 14.9 Å². The standard InChI is InChI=1S/C6H5F9O4S.Na/c1-2(7)3(8,9)19-5(12,13)4(10,11)6(14,15)20(16,17)18;/h2H,1H3,(H,16,17,18);/q;+1/p-1. The molecule has 1 atom stereocenters. The van der Waals surface area contributed by atoms with Crippen molar-refractivity contribution in [3.8, 4) is 0 Å². The zero-order valence-corrected chi connectivity index (χ0v) is 12.8. The maximum Gasteiger partial charge on any atom is 1.00 e. The molecule has 0 aliphatic heterocycles. The van der Waals surface area contributed by atoms with E-state index in [4.69, 9.17) is 0 Å². The van der Waals surface area contributed by atoms with Crippen LogP contribution in [0.25, 0.3) is 0 Å². The Balaban J connectivity index is 0. The molecule has 122 valence electrons. The van der Waals surface area contributed by atoms with E-state index in [0.29, 0.717) is 0 Å². The van der Waals surface area contributed by atoms with E-state index < -0.39 is 39.7 Å². The van der Waals surface area contributed by atoms with Gasteiger partial charge in [-0.25, -0.2) is 17.5 Å². The van der Waals surface area contributed by atoms with Crippen molar-refractivity contribution in [2.24, 2.45) is 0 Å². The van der Waals surface area contributed by atoms with E-state index in [0.717, 1.165) is 0 Å². The smallest absolute Gasteiger partial charge is 0.743 e. The van der Waals surface area contributed by atoms with Crippen LogP contribution < -0.4 is 29.6 Å². The molecule has 0 N–H and O–H groups in total. The van der Waals surface area contributed by atoms with Crippen molar-refractivity contribution >= 4 is 10.1 Å². The summed E-state index contributed by atoms with van der Waals surface area (Å²) in [6, 6.07) is 0. The van der Waals surface area contributed by atoms with E-state index in [-0.39, 0.29) is 36.5 Å². The Labute approximate surface area is 133 Å². The summed E-state index contributed by atoms with van der Waals surface area (Å²) < 4.78 is 143. The van der Waals surface area contributed by atoms with Gasteiger partial charge in [-0.05, 0) is 6.92 Å². The van der Waals surface area contributed by atoms with Crippen LogP contribution in [0.3, 0.4) is 0 Å². The summed E-state index contributed by atoms with van der Waals surface area (Å²) in [5, 5.41) is -6.97. The molecule has 0 heterocycles. The third-order valence-corrected chi connectivity index (χ3v) is 2.66. The Morgan fingerprint density at radius 3 is 1.57 bits per heavy atom. The average molecular weight is 366 g/mol. The van der Waals surface area contributed by atoms with E-state index >= 15 is 0 Å². The van der Waals surface area contributed by atoms with Crippen molar-refractivity contribution < 1.29 is 86.8 Å². The van der Waals surface area contributed by atoms with Gasteiger partial charge in [0.15, 0.2) is 16.3 Å². The van der Waals surface area contributed by atoms with Crippen LogP contribution in [0.15, 0.2) is 0 Å². The summed E-state index contributed by atoms with van der Waals surface area (Å²) in [4.78, 5) is 0. The Morgan fingerprint density at radius 2 is 1.33 bits per heavy atom. The minimum absolute atomic E-state index is 0. The number of halogens is 9. The fourth-order valence-electron chi connectivity index (χ4n) is 0.643. The molecule has 0 saturated carbocycles. The minimum atomic E-state index is -7.35. The molecule has 0 aliphatic carbocycles. The minimum Gasteiger partial charge on any atom is -0.743 e. The molecule has 0 aromatic rings. The molecule has 0 amide bonds. The summed E-state index contributed by atoms with van der Waals surface area (Å²) in [6.45, 7) is -0.128. The first-order valence-electron chi connectivity index (χ1n) is 4.21. The second kappa shape index (κ2) is 6.39. The monoisotopic (exact) mass is 366 g/mol. The molecule has 0 radical (unpaired) electrons. The Morgan fingerprint density at radius 1 is 1.00 bits per heavy atom. The first-order valence-corrected chi connectivity index (χ1v) is 5.62. The molecule has 0 rings (SSSR count). The van der Waals surface area contributed by atoms with Crippen LogP contribution in [0.4, 0.5) is 39.5 Å². The molecule has 21 heavy (non-hydrogen) atoms. The van der Waals surface area contributed by atoms with Crippen LogP contribution in [0, 0.1) is 0 Å². The van der Waals surface area contributed by atoms with Gasteiger partial charge in [0.1, 0.15) is 0 Å². The van der Waals surface area contributed by atoms with Gasteiger partial charge in [-0.15, -0.1) is 0 Å². The van der Waals surface area contributed by atoms with Gasteiger partial charge in [-0.1, -0.05) is 0 Å². The predicted molar refractivity (Wildman–Crippen MR) is 41.1 cm³/mol. The van der Waals surface area contributed by atoms with E-state index in [9.17, 15) is 52.5 Å². The normalized spacial score (nSPS) is 16.3. The molecule has 0 fully saturated rings. The van der Waals surface area contributed by atoms with Gasteiger partial charge in [0.05, 0.1) is 0 Å². The summed E-state index contributed by atoms with van der Waals surface area (Å²) in [6.07, 6.45) is -16.1. The van der Waals surface area contributed by atoms with Crippen molar-refractivity contribution in [3.05, 3.63) is 0 Å². The molecule has 0 spiro atoms. The van der Waals surface area contributed by atoms with Gasteiger partial charge < -0.3 is 4.55 Å². The molecular formula is C6H4F9NaO4S. The number of hydrogen-bond donors (Lipinski definition) is 0. The van der Waals surface area contributed by atoms with E-state index in [2.05, 4.69) is 0 Å². The summed E-state index contributed by atoms with van der Waals surface area (Å²) in [5.74, 6) is -7.17. The van der Waals surface area contributed by atoms with Crippen molar-refractivity contribution in [1.29, 1.82) is 0 Å². The van der Waals surface area contributed by atoms with Gasteiger partial charge in [-0.2, -0.15) is 35.1 Å². The van der Waals surface area contributed by atoms with Crippen molar-refractivity contribution in [1.82, 2.24) is 0 Å². The Kier molecular flexibility index (Phi) is 7.15. The topological polar surface area (TPSA) is 66.4 Å². The molecule has 15 heteroatoms. The average Bonchev–Trinajstić information content (AvgIpc) is 2.12. The summed E-state index contributed by atoms with van der Waals surface area (Å²) in [5.41, 5.74) is 0. The molecule has 0 bridgehead atoms. The maximum atomic E-state index is 12.6. The largest absolute Gasteiger partial charge is 1.00 e. The molecule has 1 unspecified atom stereocenters. The zero-order chi connectivity index (χ0) is 16.8. The van der Waals surface area contributed by atoms with Crippen LogP contribution >= 0.6 is 0 Å². The third kappa shape index (κ3) is 4.37. The van der Waals surface area contributed by atoms with E-state index in [1.165, 1.54) is 0 Å². The first kappa shape index (κ1) is 23.5. The second-order valence-electron chi connectivity index (χ2n) is 3.34. The van der Waals surface area contributed by atoms with E-state index in [1.807, 2.05) is 4.74 Å². The predicted octanol–water partition coefficient (Wildman–Crippen LogP) is -0.676. The SMILES string of the molecule is CC(F)C(F)(F)OC(F)(F)C(F)(F)C(F)(F)S(=O)(=O)[O-].[Na+]. The van der Waals surface area contributed by atoms with Crippen molar-refractivity contribution in [2.45, 2.75) is 36.5 Å². The van der Waals surface area contributed by atoms with Crippen molar-refractivity contribution in [2.75, 3.05) is 0 Å². The molecule has 0 aromatic heterocycles. The fourth-order valence-corrected chi connectivity index (χ4v) is 1.08. The first-order chi connectivity index (χ1) is 8.40. The molecule has 0 saturated heterocycles. The van der Waals surface area contributed by atoms with Gasteiger partial charge in [-0.3, -0.25) is 0 Å². The van der Waals surface area contributed by atoms with Gasteiger partial charge in [0.25, 0.3) is 0 Å². The van der Waals surface area contributed by atoms with Crippen LogP contribution in [0.5, 0.6) is 0 Å². The van der Waals surface area contributed by atoms with Crippen LogP contribution in [0.1, 0.15) is 6.92 Å². The molecule has 0 aromatic carbocycles. The molecule has 4 nitrogen and oxygen atoms in total. The van der Waals surface area contributed by atoms with Gasteiger partial charge in [0.2, 0.25) is 0 Å². The summed E-state index contributed by atoms with van der Waals surface area (Å²) >= 11 is 0.